The minimum absolute atomic E-state index is 0. The van der Waals surface area contributed by atoms with Gasteiger partial charge in [-0.1, -0.05) is 0 Å². The van der Waals surface area contributed by atoms with Crippen molar-refractivity contribution in [1.29, 1.82) is 0 Å². The zero-order chi connectivity index (χ0) is 9.68. The van der Waals surface area contributed by atoms with Gasteiger partial charge in [0, 0.05) is 12.4 Å². The Labute approximate surface area is 101 Å². The summed E-state index contributed by atoms with van der Waals surface area (Å²) in [5.74, 6) is -0.392. The standard InChI is InChI=1S/C9H12N2O2.2ClH/c1-13-9(12)8(10)6-7-2-4-11-5-3-7;;/h2-5,8H,6,10H2,1H3;2*1H/t8-;;/m0../s1. The van der Waals surface area contributed by atoms with E-state index in [1.165, 1.54) is 7.11 Å². The summed E-state index contributed by atoms with van der Waals surface area (Å²) in [7, 11) is 1.33. The van der Waals surface area contributed by atoms with Crippen molar-refractivity contribution in [2.24, 2.45) is 5.73 Å². The first-order chi connectivity index (χ1) is 6.24. The minimum atomic E-state index is -0.590. The smallest absolute Gasteiger partial charge is 0.322 e. The van der Waals surface area contributed by atoms with E-state index in [0.717, 1.165) is 5.56 Å². The Hall–Kier alpha value is -0.840. The maximum absolute atomic E-state index is 11.0. The number of ether oxygens (including phenoxy) is 1. The predicted molar refractivity (Wildman–Crippen MR) is 62.4 cm³/mol. The number of halogens is 2. The van der Waals surface area contributed by atoms with Gasteiger partial charge in [-0.15, -0.1) is 24.8 Å². The number of carbonyl (C=O) groups excluding carboxylic acids is 1. The lowest BCUT2D eigenvalue weighted by Crippen LogP contribution is -2.33. The lowest BCUT2D eigenvalue weighted by atomic mass is 10.1. The number of pyridine rings is 1. The second-order valence-corrected chi connectivity index (χ2v) is 2.69. The summed E-state index contributed by atoms with van der Waals surface area (Å²) < 4.78 is 4.50. The van der Waals surface area contributed by atoms with Crippen LogP contribution in [0.15, 0.2) is 24.5 Å². The fourth-order valence-corrected chi connectivity index (χ4v) is 1.01. The molecule has 0 radical (unpaired) electrons. The molecule has 15 heavy (non-hydrogen) atoms. The van der Waals surface area contributed by atoms with Gasteiger partial charge < -0.3 is 10.5 Å². The largest absolute Gasteiger partial charge is 0.468 e. The lowest BCUT2D eigenvalue weighted by molar-refractivity contribution is -0.142. The van der Waals surface area contributed by atoms with E-state index < -0.39 is 12.0 Å². The van der Waals surface area contributed by atoms with Crippen LogP contribution in [0.1, 0.15) is 5.56 Å². The highest BCUT2D eigenvalue weighted by Gasteiger charge is 2.13. The number of hydrogen-bond acceptors (Lipinski definition) is 4. The Morgan fingerprint density at radius 2 is 2.00 bits per heavy atom. The molecule has 0 aliphatic rings. The fraction of sp³-hybridized carbons (Fsp3) is 0.333. The summed E-state index contributed by atoms with van der Waals surface area (Å²) in [6, 6.07) is 3.05. The van der Waals surface area contributed by atoms with Gasteiger partial charge >= 0.3 is 5.97 Å². The van der Waals surface area contributed by atoms with Gasteiger partial charge in [0.25, 0.3) is 0 Å². The molecule has 2 N–H and O–H groups in total. The molecule has 0 unspecified atom stereocenters. The third kappa shape index (κ3) is 5.57. The molecule has 1 heterocycles. The van der Waals surface area contributed by atoms with Gasteiger partial charge in [-0.2, -0.15) is 0 Å². The summed E-state index contributed by atoms with van der Waals surface area (Å²) >= 11 is 0. The van der Waals surface area contributed by atoms with Crippen LogP contribution in [0.5, 0.6) is 0 Å². The Balaban J connectivity index is 0. The van der Waals surface area contributed by atoms with E-state index in [2.05, 4.69) is 9.72 Å². The van der Waals surface area contributed by atoms with E-state index in [1.807, 2.05) is 12.1 Å². The van der Waals surface area contributed by atoms with Crippen molar-refractivity contribution in [3.8, 4) is 0 Å². The topological polar surface area (TPSA) is 65.2 Å². The van der Waals surface area contributed by atoms with Gasteiger partial charge in [0.1, 0.15) is 6.04 Å². The van der Waals surface area contributed by atoms with Crippen LogP contribution in [0.4, 0.5) is 0 Å². The minimum Gasteiger partial charge on any atom is -0.468 e. The molecule has 1 rings (SSSR count). The molecule has 0 bridgehead atoms. The third-order valence-electron chi connectivity index (χ3n) is 1.71. The van der Waals surface area contributed by atoms with Gasteiger partial charge in [0.2, 0.25) is 0 Å². The molecule has 1 aromatic rings. The van der Waals surface area contributed by atoms with E-state index in [-0.39, 0.29) is 24.8 Å². The van der Waals surface area contributed by atoms with Gasteiger partial charge in [0.15, 0.2) is 0 Å². The highest BCUT2D eigenvalue weighted by Crippen LogP contribution is 2.00. The molecule has 0 aliphatic heterocycles. The van der Waals surface area contributed by atoms with Crippen molar-refractivity contribution in [2.75, 3.05) is 7.11 Å². The number of aromatic nitrogens is 1. The molecule has 0 fully saturated rings. The molecule has 6 heteroatoms. The van der Waals surface area contributed by atoms with Gasteiger partial charge in [-0.3, -0.25) is 9.78 Å². The molecule has 1 atom stereocenters. The van der Waals surface area contributed by atoms with E-state index >= 15 is 0 Å². The van der Waals surface area contributed by atoms with Crippen LogP contribution < -0.4 is 5.73 Å². The van der Waals surface area contributed by atoms with Gasteiger partial charge in [-0.25, -0.2) is 0 Å². The molecule has 4 nitrogen and oxygen atoms in total. The number of nitrogens with zero attached hydrogens (tertiary/aromatic N) is 1. The quantitative estimate of drug-likeness (QED) is 0.815. The number of esters is 1. The predicted octanol–water partition coefficient (Wildman–Crippen LogP) is 0.968. The molecule has 0 aromatic carbocycles. The summed E-state index contributed by atoms with van der Waals surface area (Å²) in [4.78, 5) is 14.8. The van der Waals surface area contributed by atoms with Crippen LogP contribution in [-0.2, 0) is 16.0 Å². The van der Waals surface area contributed by atoms with Crippen LogP contribution in [0.3, 0.4) is 0 Å². The van der Waals surface area contributed by atoms with Crippen LogP contribution in [0.2, 0.25) is 0 Å². The van der Waals surface area contributed by atoms with Crippen LogP contribution in [0.25, 0.3) is 0 Å². The summed E-state index contributed by atoms with van der Waals surface area (Å²) in [5, 5.41) is 0. The summed E-state index contributed by atoms with van der Waals surface area (Å²) in [6.45, 7) is 0. The van der Waals surface area contributed by atoms with Crippen molar-refractivity contribution < 1.29 is 9.53 Å². The van der Waals surface area contributed by atoms with E-state index in [0.29, 0.717) is 6.42 Å². The number of nitrogens with two attached hydrogens (primary N) is 1. The first-order valence-electron chi connectivity index (χ1n) is 3.96. The molecular formula is C9H14Cl2N2O2. The second-order valence-electron chi connectivity index (χ2n) is 2.69. The fourth-order valence-electron chi connectivity index (χ4n) is 1.01. The number of carbonyl (C=O) groups is 1. The third-order valence-corrected chi connectivity index (χ3v) is 1.71. The maximum Gasteiger partial charge on any atom is 0.322 e. The zero-order valence-electron chi connectivity index (χ0n) is 8.25. The summed E-state index contributed by atoms with van der Waals surface area (Å²) in [6.07, 6.45) is 3.81. The molecule has 0 amide bonds. The second kappa shape index (κ2) is 8.47. The average Bonchev–Trinajstić information content (AvgIpc) is 2.18. The normalized spacial score (nSPS) is 10.5. The van der Waals surface area contributed by atoms with E-state index in [4.69, 9.17) is 5.73 Å². The van der Waals surface area contributed by atoms with Crippen LogP contribution in [-0.4, -0.2) is 24.1 Å². The molecular weight excluding hydrogens is 239 g/mol. The monoisotopic (exact) mass is 252 g/mol. The van der Waals surface area contributed by atoms with Crippen LogP contribution in [0, 0.1) is 0 Å². The Morgan fingerprint density at radius 3 is 2.47 bits per heavy atom. The first kappa shape index (κ1) is 16.6. The highest BCUT2D eigenvalue weighted by molar-refractivity contribution is 5.85. The van der Waals surface area contributed by atoms with Gasteiger partial charge in [-0.05, 0) is 24.1 Å². The van der Waals surface area contributed by atoms with Crippen molar-refractivity contribution in [1.82, 2.24) is 4.98 Å². The first-order valence-corrected chi connectivity index (χ1v) is 3.96. The van der Waals surface area contributed by atoms with Crippen molar-refractivity contribution in [3.63, 3.8) is 0 Å². The highest BCUT2D eigenvalue weighted by atomic mass is 35.5. The molecule has 0 aliphatic carbocycles. The zero-order valence-corrected chi connectivity index (χ0v) is 9.88. The van der Waals surface area contributed by atoms with Crippen molar-refractivity contribution in [3.05, 3.63) is 30.1 Å². The number of rotatable bonds is 3. The Morgan fingerprint density at radius 1 is 1.47 bits per heavy atom. The maximum atomic E-state index is 11.0. The molecule has 1 aromatic heterocycles. The van der Waals surface area contributed by atoms with Crippen LogP contribution >= 0.6 is 24.8 Å². The lowest BCUT2D eigenvalue weighted by Gasteiger charge is -2.08. The SMILES string of the molecule is COC(=O)[C@@H](N)Cc1ccncc1.Cl.Cl. The average molecular weight is 253 g/mol. The van der Waals surface area contributed by atoms with E-state index in [9.17, 15) is 4.79 Å². The van der Waals surface area contributed by atoms with Crippen molar-refractivity contribution >= 4 is 30.8 Å². The van der Waals surface area contributed by atoms with Crippen molar-refractivity contribution in [2.45, 2.75) is 12.5 Å². The molecule has 0 spiro atoms. The molecule has 0 saturated carbocycles. The number of methoxy groups -OCH3 is 1. The van der Waals surface area contributed by atoms with Gasteiger partial charge in [0.05, 0.1) is 7.11 Å². The molecule has 86 valence electrons. The Kier molecular flexibility index (Phi) is 9.36. The summed E-state index contributed by atoms with van der Waals surface area (Å²) in [5.41, 5.74) is 6.54. The van der Waals surface area contributed by atoms with E-state index in [1.54, 1.807) is 12.4 Å². The molecule has 0 saturated heterocycles. The Bertz CT molecular complexity index is 283. The number of hydrogen-bond donors (Lipinski definition) is 1.